The summed E-state index contributed by atoms with van der Waals surface area (Å²) in [5.41, 5.74) is 1.08. The van der Waals surface area contributed by atoms with E-state index in [-0.39, 0.29) is 0 Å². The molecule has 1 saturated heterocycles. The predicted molar refractivity (Wildman–Crippen MR) is 77.5 cm³/mol. The fraction of sp³-hybridized carbons (Fsp3) is 0.500. The fourth-order valence-electron chi connectivity index (χ4n) is 2.40. The second-order valence-corrected chi connectivity index (χ2v) is 5.87. The van der Waals surface area contributed by atoms with E-state index in [1.165, 1.54) is 5.01 Å². The maximum Gasteiger partial charge on any atom is 0.115 e. The molecule has 0 bridgehead atoms. The van der Waals surface area contributed by atoms with Crippen LogP contribution in [-0.2, 0) is 17.7 Å². The number of rotatable bonds is 5. The third kappa shape index (κ3) is 3.82. The highest BCUT2D eigenvalue weighted by molar-refractivity contribution is 7.09. The zero-order valence-electron chi connectivity index (χ0n) is 11.3. The lowest BCUT2D eigenvalue weighted by atomic mass is 10.1. The predicted octanol–water partition coefficient (Wildman–Crippen LogP) is 1.77. The van der Waals surface area contributed by atoms with E-state index in [0.717, 1.165) is 44.8 Å². The molecular formula is C14H18N4OS. The summed E-state index contributed by atoms with van der Waals surface area (Å²) >= 11 is 1.72. The Kier molecular flexibility index (Phi) is 4.68. The molecule has 1 fully saturated rings. The Morgan fingerprint density at radius 2 is 2.35 bits per heavy atom. The molecule has 2 aromatic heterocycles. The van der Waals surface area contributed by atoms with Crippen LogP contribution in [0.3, 0.4) is 0 Å². The van der Waals surface area contributed by atoms with E-state index in [4.69, 9.17) is 4.74 Å². The van der Waals surface area contributed by atoms with Gasteiger partial charge in [-0.3, -0.25) is 4.90 Å². The highest BCUT2D eigenvalue weighted by atomic mass is 32.1. The van der Waals surface area contributed by atoms with E-state index in [0.29, 0.717) is 6.10 Å². The van der Waals surface area contributed by atoms with Crippen LogP contribution in [0, 0.1) is 0 Å². The third-order valence-electron chi connectivity index (χ3n) is 3.43. The van der Waals surface area contributed by atoms with Crippen molar-refractivity contribution in [1.29, 1.82) is 0 Å². The number of aromatic nitrogens is 3. The van der Waals surface area contributed by atoms with Gasteiger partial charge in [-0.15, -0.1) is 11.3 Å². The number of aryl methyl sites for hydroxylation is 1. The number of hydrogen-bond donors (Lipinski definition) is 0. The summed E-state index contributed by atoms with van der Waals surface area (Å²) in [6.45, 7) is 3.71. The first kappa shape index (κ1) is 13.6. The minimum atomic E-state index is 0.290. The summed E-state index contributed by atoms with van der Waals surface area (Å²) in [4.78, 5) is 15.0. The molecule has 0 aromatic carbocycles. The van der Waals surface area contributed by atoms with Gasteiger partial charge in [0.25, 0.3) is 0 Å². The van der Waals surface area contributed by atoms with Crippen molar-refractivity contribution in [3.8, 4) is 0 Å². The van der Waals surface area contributed by atoms with Gasteiger partial charge in [-0.25, -0.2) is 15.0 Å². The minimum absolute atomic E-state index is 0.290. The van der Waals surface area contributed by atoms with Crippen LogP contribution in [0.2, 0.25) is 0 Å². The highest BCUT2D eigenvalue weighted by Crippen LogP contribution is 2.15. The lowest BCUT2D eigenvalue weighted by Gasteiger charge is -2.32. The van der Waals surface area contributed by atoms with Gasteiger partial charge in [0, 0.05) is 36.6 Å². The average molecular weight is 290 g/mol. The van der Waals surface area contributed by atoms with Crippen LogP contribution in [-0.4, -0.2) is 45.7 Å². The zero-order valence-corrected chi connectivity index (χ0v) is 12.1. The summed E-state index contributed by atoms with van der Waals surface area (Å²) in [5, 5.41) is 3.21. The first-order valence-electron chi connectivity index (χ1n) is 6.87. The summed E-state index contributed by atoms with van der Waals surface area (Å²) < 4.78 is 5.85. The molecule has 0 radical (unpaired) electrons. The molecule has 1 atom stereocenters. The van der Waals surface area contributed by atoms with Crippen LogP contribution in [0.15, 0.2) is 30.2 Å². The zero-order chi connectivity index (χ0) is 13.6. The summed E-state index contributed by atoms with van der Waals surface area (Å²) in [7, 11) is 0. The van der Waals surface area contributed by atoms with Crippen molar-refractivity contribution in [3.63, 3.8) is 0 Å². The number of nitrogens with zero attached hydrogens (tertiary/aromatic N) is 4. The molecule has 106 valence electrons. The Morgan fingerprint density at radius 1 is 1.35 bits per heavy atom. The molecule has 3 heterocycles. The van der Waals surface area contributed by atoms with Gasteiger partial charge in [-0.2, -0.15) is 0 Å². The van der Waals surface area contributed by atoms with Crippen LogP contribution in [0.1, 0.15) is 17.1 Å². The molecule has 0 unspecified atom stereocenters. The Hall–Kier alpha value is -1.37. The van der Waals surface area contributed by atoms with E-state index in [1.54, 1.807) is 23.9 Å². The van der Waals surface area contributed by atoms with Crippen LogP contribution < -0.4 is 0 Å². The molecule has 6 heteroatoms. The monoisotopic (exact) mass is 290 g/mol. The molecule has 1 aliphatic rings. The molecule has 2 aromatic rings. The topological polar surface area (TPSA) is 51.1 Å². The van der Waals surface area contributed by atoms with Gasteiger partial charge >= 0.3 is 0 Å². The smallest absolute Gasteiger partial charge is 0.115 e. The molecule has 20 heavy (non-hydrogen) atoms. The van der Waals surface area contributed by atoms with Crippen LogP contribution in [0.25, 0.3) is 0 Å². The van der Waals surface area contributed by atoms with Gasteiger partial charge in [-0.05, 0) is 18.9 Å². The summed E-state index contributed by atoms with van der Waals surface area (Å²) in [5.74, 6) is 0. The van der Waals surface area contributed by atoms with Crippen molar-refractivity contribution in [2.24, 2.45) is 0 Å². The van der Waals surface area contributed by atoms with E-state index in [2.05, 4.69) is 19.9 Å². The molecule has 0 spiro atoms. The SMILES string of the molecule is c1cc(CC[C@H]2CN(Cc3nccs3)CCO2)ncn1. The van der Waals surface area contributed by atoms with E-state index in [9.17, 15) is 0 Å². The lowest BCUT2D eigenvalue weighted by Crippen LogP contribution is -2.42. The number of hydrogen-bond acceptors (Lipinski definition) is 6. The Labute approximate surface area is 122 Å². The second kappa shape index (κ2) is 6.88. The molecule has 3 rings (SSSR count). The Balaban J connectivity index is 1.48. The van der Waals surface area contributed by atoms with Crippen LogP contribution in [0.5, 0.6) is 0 Å². The molecular weight excluding hydrogens is 272 g/mol. The Bertz CT molecular complexity index is 505. The van der Waals surface area contributed by atoms with Crippen LogP contribution >= 0.6 is 11.3 Å². The largest absolute Gasteiger partial charge is 0.376 e. The molecule has 0 amide bonds. The summed E-state index contributed by atoms with van der Waals surface area (Å²) in [6.07, 6.45) is 7.50. The van der Waals surface area contributed by atoms with E-state index < -0.39 is 0 Å². The normalized spacial score (nSPS) is 20.1. The van der Waals surface area contributed by atoms with Gasteiger partial charge in [-0.1, -0.05) is 0 Å². The standard InChI is InChI=1S/C14H18N4OS/c1(12-3-4-15-11-17-12)2-13-9-18(6-7-19-13)10-14-16-5-8-20-14/h3-5,8,11,13H,1-2,6-7,9-10H2/t13-/m0/s1. The maximum absolute atomic E-state index is 5.85. The van der Waals surface area contributed by atoms with Crippen molar-refractivity contribution < 1.29 is 4.74 Å². The van der Waals surface area contributed by atoms with Gasteiger partial charge in [0.05, 0.1) is 19.3 Å². The van der Waals surface area contributed by atoms with Gasteiger partial charge in [0.1, 0.15) is 11.3 Å². The first-order chi connectivity index (χ1) is 9.90. The van der Waals surface area contributed by atoms with Crippen molar-refractivity contribution in [3.05, 3.63) is 40.9 Å². The summed E-state index contributed by atoms with van der Waals surface area (Å²) in [6, 6.07) is 1.97. The molecule has 5 nitrogen and oxygen atoms in total. The lowest BCUT2D eigenvalue weighted by molar-refractivity contribution is -0.0346. The highest BCUT2D eigenvalue weighted by Gasteiger charge is 2.21. The second-order valence-electron chi connectivity index (χ2n) is 4.89. The molecule has 0 saturated carbocycles. The number of ether oxygens (including phenoxy) is 1. The van der Waals surface area contributed by atoms with Crippen molar-refractivity contribution >= 4 is 11.3 Å². The Morgan fingerprint density at radius 3 is 3.15 bits per heavy atom. The van der Waals surface area contributed by atoms with Gasteiger partial charge in [0.2, 0.25) is 0 Å². The molecule has 0 N–H and O–H groups in total. The minimum Gasteiger partial charge on any atom is -0.376 e. The molecule has 0 aliphatic carbocycles. The van der Waals surface area contributed by atoms with Crippen molar-refractivity contribution in [2.75, 3.05) is 19.7 Å². The molecule has 1 aliphatic heterocycles. The van der Waals surface area contributed by atoms with Crippen LogP contribution in [0.4, 0.5) is 0 Å². The fourth-order valence-corrected chi connectivity index (χ4v) is 3.05. The number of morpholine rings is 1. The third-order valence-corrected chi connectivity index (χ3v) is 4.20. The maximum atomic E-state index is 5.85. The van der Waals surface area contributed by atoms with Crippen molar-refractivity contribution in [1.82, 2.24) is 19.9 Å². The quantitative estimate of drug-likeness (QED) is 0.840. The van der Waals surface area contributed by atoms with E-state index in [1.807, 2.05) is 17.6 Å². The van der Waals surface area contributed by atoms with Gasteiger partial charge in [0.15, 0.2) is 0 Å². The van der Waals surface area contributed by atoms with E-state index >= 15 is 0 Å². The van der Waals surface area contributed by atoms with Gasteiger partial charge < -0.3 is 4.74 Å². The van der Waals surface area contributed by atoms with Crippen molar-refractivity contribution in [2.45, 2.75) is 25.5 Å². The average Bonchev–Trinajstić information content (AvgIpc) is 3.00. The first-order valence-corrected chi connectivity index (χ1v) is 7.75. The number of thiazole rings is 1.